The summed E-state index contributed by atoms with van der Waals surface area (Å²) in [4.78, 5) is 22.7. The Balaban J connectivity index is 1.51. The number of halogens is 1. The Bertz CT molecular complexity index is 753. The molecular formula is C17H19FN4O2. The monoisotopic (exact) mass is 330 g/mol. The first-order chi connectivity index (χ1) is 11.6. The molecule has 24 heavy (non-hydrogen) atoms. The van der Waals surface area contributed by atoms with Gasteiger partial charge >= 0.3 is 5.91 Å². The Hall–Kier alpha value is -2.28. The molecule has 0 radical (unpaired) electrons. The summed E-state index contributed by atoms with van der Waals surface area (Å²) in [6.07, 6.45) is 6.28. The number of amides is 1. The number of carbonyl (C=O) groups excluding carboxylic acids is 1. The second kappa shape index (κ2) is 5.98. The number of rotatable bonds is 3. The van der Waals surface area contributed by atoms with Gasteiger partial charge in [0.1, 0.15) is 5.82 Å². The van der Waals surface area contributed by atoms with Crippen LogP contribution in [-0.4, -0.2) is 45.9 Å². The first kappa shape index (κ1) is 15.3. The van der Waals surface area contributed by atoms with Gasteiger partial charge < -0.3 is 9.73 Å². The number of carbonyl (C=O) groups is 1. The third-order valence-corrected chi connectivity index (χ3v) is 5.21. The Morgan fingerprint density at radius 3 is 2.88 bits per heavy atom. The van der Waals surface area contributed by atoms with Crippen molar-refractivity contribution in [2.24, 2.45) is 5.92 Å². The molecule has 5 rings (SSSR count). The zero-order valence-electron chi connectivity index (χ0n) is 13.4. The second-order valence-electron chi connectivity index (χ2n) is 6.50. The lowest BCUT2D eigenvalue weighted by Crippen LogP contribution is -2.62. The number of nitrogens with zero attached hydrogens (tertiary/aromatic N) is 3. The summed E-state index contributed by atoms with van der Waals surface area (Å²) in [5.74, 6) is -0.154. The van der Waals surface area contributed by atoms with Crippen molar-refractivity contribution in [1.82, 2.24) is 20.2 Å². The van der Waals surface area contributed by atoms with Gasteiger partial charge in [0, 0.05) is 24.5 Å². The molecule has 3 aliphatic heterocycles. The lowest BCUT2D eigenvalue weighted by atomic mass is 9.79. The molecule has 1 N–H and O–H groups in total. The van der Waals surface area contributed by atoms with E-state index in [1.54, 1.807) is 0 Å². The van der Waals surface area contributed by atoms with Crippen LogP contribution >= 0.6 is 0 Å². The molecule has 0 aliphatic carbocycles. The van der Waals surface area contributed by atoms with Crippen LogP contribution in [0.1, 0.15) is 30.5 Å². The minimum Gasteiger partial charge on any atom is -0.432 e. The van der Waals surface area contributed by atoms with Gasteiger partial charge in [0.15, 0.2) is 5.76 Å². The average Bonchev–Trinajstić information content (AvgIpc) is 3.09. The second-order valence-corrected chi connectivity index (χ2v) is 6.50. The van der Waals surface area contributed by atoms with Crippen molar-refractivity contribution < 1.29 is 13.6 Å². The molecule has 1 amide bonds. The summed E-state index contributed by atoms with van der Waals surface area (Å²) < 4.78 is 19.2. The lowest BCUT2D eigenvalue weighted by molar-refractivity contribution is 0.0210. The Kier molecular flexibility index (Phi) is 3.80. The minimum atomic E-state index is -0.459. The topological polar surface area (TPSA) is 71.3 Å². The van der Waals surface area contributed by atoms with E-state index in [0.29, 0.717) is 12.0 Å². The van der Waals surface area contributed by atoms with E-state index in [-0.39, 0.29) is 29.2 Å². The molecule has 3 saturated heterocycles. The van der Waals surface area contributed by atoms with Crippen LogP contribution in [0.3, 0.4) is 0 Å². The molecule has 2 aromatic rings. The Morgan fingerprint density at radius 1 is 1.38 bits per heavy atom. The number of oxazole rings is 1. The molecule has 2 unspecified atom stereocenters. The molecule has 6 nitrogen and oxygen atoms in total. The highest BCUT2D eigenvalue weighted by Crippen LogP contribution is 2.32. The van der Waals surface area contributed by atoms with Crippen LogP contribution in [0, 0.1) is 11.7 Å². The van der Waals surface area contributed by atoms with Gasteiger partial charge in [-0.3, -0.25) is 14.7 Å². The number of hydrogen-bond acceptors (Lipinski definition) is 5. The van der Waals surface area contributed by atoms with Crippen molar-refractivity contribution in [3.05, 3.63) is 36.4 Å². The van der Waals surface area contributed by atoms with Crippen molar-refractivity contribution in [3.8, 4) is 11.3 Å². The maximum absolute atomic E-state index is 13.8. The van der Waals surface area contributed by atoms with Gasteiger partial charge in [-0.15, -0.1) is 0 Å². The summed E-state index contributed by atoms with van der Waals surface area (Å²) in [7, 11) is 0. The van der Waals surface area contributed by atoms with E-state index < -0.39 is 5.82 Å². The highest BCUT2D eigenvalue weighted by molar-refractivity contribution is 5.90. The number of piperidine rings is 3. The van der Waals surface area contributed by atoms with E-state index in [0.717, 1.165) is 25.9 Å². The molecule has 0 spiro atoms. The molecular weight excluding hydrogens is 311 g/mol. The summed E-state index contributed by atoms with van der Waals surface area (Å²) in [5, 5.41) is 3.05. The van der Waals surface area contributed by atoms with Crippen LogP contribution in [0.25, 0.3) is 11.3 Å². The smallest absolute Gasteiger partial charge is 0.307 e. The van der Waals surface area contributed by atoms with Gasteiger partial charge in [-0.1, -0.05) is 0 Å². The van der Waals surface area contributed by atoms with Crippen LogP contribution in [-0.2, 0) is 0 Å². The van der Waals surface area contributed by atoms with E-state index in [2.05, 4.69) is 27.1 Å². The predicted octanol–water partition coefficient (Wildman–Crippen LogP) is 2.09. The molecule has 3 aliphatic rings. The molecule has 0 saturated carbocycles. The third-order valence-electron chi connectivity index (χ3n) is 5.21. The van der Waals surface area contributed by atoms with Crippen LogP contribution < -0.4 is 5.32 Å². The van der Waals surface area contributed by atoms with Gasteiger partial charge in [-0.05, 0) is 44.8 Å². The molecule has 2 atom stereocenters. The van der Waals surface area contributed by atoms with Crippen molar-refractivity contribution in [2.45, 2.75) is 31.8 Å². The molecule has 2 aromatic heterocycles. The highest BCUT2D eigenvalue weighted by atomic mass is 19.1. The normalized spacial score (nSPS) is 28.8. The Labute approximate surface area is 139 Å². The molecule has 7 heteroatoms. The van der Waals surface area contributed by atoms with Crippen molar-refractivity contribution in [3.63, 3.8) is 0 Å². The summed E-state index contributed by atoms with van der Waals surface area (Å²) in [6.45, 7) is 4.34. The molecule has 3 fully saturated rings. The fraction of sp³-hybridized carbons (Fsp3) is 0.471. The van der Waals surface area contributed by atoms with E-state index >= 15 is 0 Å². The highest BCUT2D eigenvalue weighted by Gasteiger charge is 2.40. The van der Waals surface area contributed by atoms with E-state index in [1.807, 2.05) is 0 Å². The summed E-state index contributed by atoms with van der Waals surface area (Å²) >= 11 is 0. The first-order valence-electron chi connectivity index (χ1n) is 8.24. The first-order valence-corrected chi connectivity index (χ1v) is 8.24. The van der Waals surface area contributed by atoms with Gasteiger partial charge in [0.05, 0.1) is 11.8 Å². The third kappa shape index (κ3) is 2.58. The number of fused-ring (bicyclic) bond motifs is 3. The zero-order valence-corrected chi connectivity index (χ0v) is 13.4. The molecule has 5 heterocycles. The number of hydrogen-bond donors (Lipinski definition) is 1. The number of pyridine rings is 1. The quantitative estimate of drug-likeness (QED) is 0.933. The molecule has 0 aromatic carbocycles. The van der Waals surface area contributed by atoms with Crippen LogP contribution in [0.5, 0.6) is 0 Å². The Morgan fingerprint density at radius 2 is 2.17 bits per heavy atom. The summed E-state index contributed by atoms with van der Waals surface area (Å²) in [5.41, 5.74) is 0.195. The average molecular weight is 330 g/mol. The molecule has 126 valence electrons. The summed E-state index contributed by atoms with van der Waals surface area (Å²) in [6, 6.07) is 1.66. The van der Waals surface area contributed by atoms with E-state index in [4.69, 9.17) is 4.42 Å². The zero-order chi connectivity index (χ0) is 16.7. The van der Waals surface area contributed by atoms with Crippen molar-refractivity contribution in [2.75, 3.05) is 13.1 Å². The van der Waals surface area contributed by atoms with Crippen LogP contribution in [0.4, 0.5) is 4.39 Å². The number of aromatic nitrogens is 2. The van der Waals surface area contributed by atoms with E-state index in [1.165, 1.54) is 24.7 Å². The standard InChI is InChI=1S/C17H19FN4O2/c1-10-15(11-3-6-22(10)7-4-11)21-16(23)17-20-9-14(24-17)12-8-19-5-2-13(12)18/h2,5,8-11,15H,3-4,6-7H2,1H3,(H,21,23). The SMILES string of the molecule is CC1C(NC(=O)c2ncc(-c3cnccc3F)o2)C2CCN1CC2. The maximum Gasteiger partial charge on any atom is 0.307 e. The van der Waals surface area contributed by atoms with E-state index in [9.17, 15) is 9.18 Å². The largest absolute Gasteiger partial charge is 0.432 e. The van der Waals surface area contributed by atoms with Crippen molar-refractivity contribution >= 4 is 5.91 Å². The van der Waals surface area contributed by atoms with Gasteiger partial charge in [0.25, 0.3) is 5.89 Å². The lowest BCUT2D eigenvalue weighted by Gasteiger charge is -2.49. The number of nitrogens with one attached hydrogen (secondary N) is 1. The fourth-order valence-electron chi connectivity index (χ4n) is 3.82. The fourth-order valence-corrected chi connectivity index (χ4v) is 3.82. The minimum absolute atomic E-state index is 0.0445. The van der Waals surface area contributed by atoms with Gasteiger partial charge in [-0.25, -0.2) is 9.37 Å². The molecule has 2 bridgehead atoms. The predicted molar refractivity (Wildman–Crippen MR) is 84.7 cm³/mol. The van der Waals surface area contributed by atoms with Gasteiger partial charge in [-0.2, -0.15) is 0 Å². The van der Waals surface area contributed by atoms with Crippen LogP contribution in [0.2, 0.25) is 0 Å². The van der Waals surface area contributed by atoms with Crippen molar-refractivity contribution in [1.29, 1.82) is 0 Å². The van der Waals surface area contributed by atoms with Crippen LogP contribution in [0.15, 0.2) is 29.1 Å². The maximum atomic E-state index is 13.8. The van der Waals surface area contributed by atoms with Gasteiger partial charge in [0.2, 0.25) is 0 Å².